The lowest BCUT2D eigenvalue weighted by Crippen LogP contribution is -2.62. The molecule has 2 aromatic rings. The second kappa shape index (κ2) is 10.7. The van der Waals surface area contributed by atoms with E-state index in [-0.39, 0.29) is 29.4 Å². The van der Waals surface area contributed by atoms with Crippen LogP contribution >= 0.6 is 0 Å². The van der Waals surface area contributed by atoms with Crippen LogP contribution in [0.25, 0.3) is 11.3 Å². The first-order valence-electron chi connectivity index (χ1n) is 11.6. The van der Waals surface area contributed by atoms with Crippen molar-refractivity contribution in [3.8, 4) is 11.3 Å². The van der Waals surface area contributed by atoms with Crippen LogP contribution in [-0.2, 0) is 4.79 Å². The number of halogens is 1. The van der Waals surface area contributed by atoms with Crippen LogP contribution in [-0.4, -0.2) is 40.5 Å². The van der Waals surface area contributed by atoms with Crippen molar-refractivity contribution in [2.45, 2.75) is 71.9 Å². The number of nitrogens with zero attached hydrogens (tertiary/aromatic N) is 2. The summed E-state index contributed by atoms with van der Waals surface area (Å²) in [5.41, 5.74) is 0.792. The van der Waals surface area contributed by atoms with E-state index < -0.39 is 6.04 Å². The third-order valence-corrected chi connectivity index (χ3v) is 5.91. The summed E-state index contributed by atoms with van der Waals surface area (Å²) in [4.78, 5) is 27.1. The second-order valence-corrected chi connectivity index (χ2v) is 9.46. The standard InChI is InChI=1S/C21H24FN3O3.C4H10/c1-13-20(26)23-18(14-5-3-2-4-6-14)12-25(13)21(27)17-11-19(28-24-17)15-7-9-16(22)10-8-15;1-4(2)3/h7-11,13-14,18H,2-6,12H2,1H3,(H,23,26);4H,1-3H3. The van der Waals surface area contributed by atoms with Crippen LogP contribution in [0.4, 0.5) is 4.39 Å². The van der Waals surface area contributed by atoms with Crippen LogP contribution in [0.15, 0.2) is 34.9 Å². The molecule has 1 aliphatic carbocycles. The first-order valence-corrected chi connectivity index (χ1v) is 11.6. The van der Waals surface area contributed by atoms with Crippen molar-refractivity contribution in [2.75, 3.05) is 6.54 Å². The van der Waals surface area contributed by atoms with Gasteiger partial charge in [-0.25, -0.2) is 4.39 Å². The molecule has 2 aliphatic rings. The number of hydrogen-bond donors (Lipinski definition) is 1. The maximum atomic E-state index is 13.1. The summed E-state index contributed by atoms with van der Waals surface area (Å²) >= 11 is 0. The topological polar surface area (TPSA) is 75.4 Å². The molecule has 7 heteroatoms. The zero-order valence-corrected chi connectivity index (χ0v) is 19.4. The molecule has 0 spiro atoms. The largest absolute Gasteiger partial charge is 0.355 e. The van der Waals surface area contributed by atoms with Crippen LogP contribution in [0.1, 0.15) is 70.3 Å². The van der Waals surface area contributed by atoms with E-state index in [1.54, 1.807) is 30.0 Å². The van der Waals surface area contributed by atoms with Gasteiger partial charge in [0.2, 0.25) is 5.91 Å². The van der Waals surface area contributed by atoms with Crippen molar-refractivity contribution >= 4 is 11.8 Å². The molecule has 1 aromatic heterocycles. The van der Waals surface area contributed by atoms with Gasteiger partial charge < -0.3 is 14.7 Å². The Bertz CT molecular complexity index is 901. The van der Waals surface area contributed by atoms with Gasteiger partial charge in [-0.1, -0.05) is 45.2 Å². The lowest BCUT2D eigenvalue weighted by atomic mass is 9.82. The van der Waals surface area contributed by atoms with Crippen LogP contribution in [0.3, 0.4) is 0 Å². The average molecular weight is 444 g/mol. The first kappa shape index (κ1) is 24.0. The Morgan fingerprint density at radius 3 is 2.41 bits per heavy atom. The highest BCUT2D eigenvalue weighted by molar-refractivity contribution is 5.97. The van der Waals surface area contributed by atoms with E-state index >= 15 is 0 Å². The number of benzene rings is 1. The van der Waals surface area contributed by atoms with Crippen molar-refractivity contribution < 1.29 is 18.5 Å². The Labute approximate surface area is 189 Å². The Morgan fingerprint density at radius 1 is 1.16 bits per heavy atom. The highest BCUT2D eigenvalue weighted by Crippen LogP contribution is 2.29. The minimum Gasteiger partial charge on any atom is -0.355 e. The molecule has 1 aliphatic heterocycles. The van der Waals surface area contributed by atoms with E-state index in [4.69, 9.17) is 4.52 Å². The smallest absolute Gasteiger partial charge is 0.276 e. The zero-order chi connectivity index (χ0) is 23.3. The van der Waals surface area contributed by atoms with Gasteiger partial charge in [-0.2, -0.15) is 0 Å². The third kappa shape index (κ3) is 5.96. The first-order chi connectivity index (χ1) is 15.3. The van der Waals surface area contributed by atoms with Crippen LogP contribution in [0.5, 0.6) is 0 Å². The van der Waals surface area contributed by atoms with Gasteiger partial charge in [0.1, 0.15) is 11.9 Å². The fourth-order valence-corrected chi connectivity index (χ4v) is 4.20. The number of nitrogens with one attached hydrogen (secondary N) is 1. The lowest BCUT2D eigenvalue weighted by Gasteiger charge is -2.41. The molecule has 2 unspecified atom stereocenters. The van der Waals surface area contributed by atoms with E-state index in [1.807, 2.05) is 0 Å². The van der Waals surface area contributed by atoms with Gasteiger partial charge in [0.25, 0.3) is 5.91 Å². The van der Waals surface area contributed by atoms with E-state index in [0.717, 1.165) is 18.8 Å². The van der Waals surface area contributed by atoms with Crippen molar-refractivity contribution in [1.82, 2.24) is 15.4 Å². The minimum atomic E-state index is -0.557. The zero-order valence-electron chi connectivity index (χ0n) is 19.4. The molecule has 6 nitrogen and oxygen atoms in total. The number of carbonyl (C=O) groups is 2. The molecule has 2 heterocycles. The molecule has 2 atom stereocenters. The van der Waals surface area contributed by atoms with Gasteiger partial charge in [-0.15, -0.1) is 0 Å². The number of aromatic nitrogens is 1. The number of piperazine rings is 1. The van der Waals surface area contributed by atoms with Crippen LogP contribution in [0, 0.1) is 17.7 Å². The predicted octanol–water partition coefficient (Wildman–Crippen LogP) is 5.05. The van der Waals surface area contributed by atoms with E-state index in [0.29, 0.717) is 23.8 Å². The van der Waals surface area contributed by atoms with Gasteiger partial charge in [0.05, 0.1) is 0 Å². The molecule has 4 rings (SSSR count). The minimum absolute atomic E-state index is 0.0172. The molecule has 1 saturated heterocycles. The molecule has 1 aromatic carbocycles. The summed E-state index contributed by atoms with van der Waals surface area (Å²) in [5.74, 6) is 0.841. The quantitative estimate of drug-likeness (QED) is 0.720. The van der Waals surface area contributed by atoms with Gasteiger partial charge in [-0.3, -0.25) is 9.59 Å². The molecular weight excluding hydrogens is 409 g/mol. The number of hydrogen-bond acceptors (Lipinski definition) is 4. The Hall–Kier alpha value is -2.70. The normalized spacial score (nSPS) is 21.7. The summed E-state index contributed by atoms with van der Waals surface area (Å²) < 4.78 is 18.4. The molecule has 1 saturated carbocycles. The molecule has 0 bridgehead atoms. The monoisotopic (exact) mass is 443 g/mol. The molecule has 2 fully saturated rings. The molecular formula is C25H34FN3O3. The van der Waals surface area contributed by atoms with Gasteiger partial charge in [0.15, 0.2) is 11.5 Å². The SMILES string of the molecule is CC(C)C.CC1C(=O)NC(C2CCCCC2)CN1C(=O)c1cc(-c2ccc(F)cc2)on1. The molecule has 1 N–H and O–H groups in total. The maximum absolute atomic E-state index is 13.1. The molecule has 32 heavy (non-hydrogen) atoms. The van der Waals surface area contributed by atoms with E-state index in [2.05, 4.69) is 31.2 Å². The van der Waals surface area contributed by atoms with Crippen LogP contribution < -0.4 is 5.32 Å². The second-order valence-electron chi connectivity index (χ2n) is 9.46. The van der Waals surface area contributed by atoms with Crippen molar-refractivity contribution in [3.63, 3.8) is 0 Å². The fourth-order valence-electron chi connectivity index (χ4n) is 4.20. The Balaban J connectivity index is 0.000000668. The van der Waals surface area contributed by atoms with Crippen LogP contribution in [0.2, 0.25) is 0 Å². The summed E-state index contributed by atoms with van der Waals surface area (Å²) in [7, 11) is 0. The fraction of sp³-hybridized carbons (Fsp3) is 0.560. The number of amides is 2. The van der Waals surface area contributed by atoms with Gasteiger partial charge in [-0.05, 0) is 55.9 Å². The van der Waals surface area contributed by atoms with Crippen molar-refractivity contribution in [3.05, 3.63) is 41.8 Å². The summed E-state index contributed by atoms with van der Waals surface area (Å²) in [6, 6.07) is 6.76. The summed E-state index contributed by atoms with van der Waals surface area (Å²) in [6.07, 6.45) is 5.75. The van der Waals surface area contributed by atoms with E-state index in [1.165, 1.54) is 31.4 Å². The Kier molecular flexibility index (Phi) is 8.04. The molecule has 174 valence electrons. The van der Waals surface area contributed by atoms with Gasteiger partial charge >= 0.3 is 0 Å². The average Bonchev–Trinajstić information content (AvgIpc) is 3.26. The Morgan fingerprint density at radius 2 is 1.78 bits per heavy atom. The number of carbonyl (C=O) groups excluding carboxylic acids is 2. The van der Waals surface area contributed by atoms with Gasteiger partial charge in [0, 0.05) is 24.2 Å². The summed E-state index contributed by atoms with van der Waals surface area (Å²) in [6.45, 7) is 8.71. The maximum Gasteiger partial charge on any atom is 0.276 e. The third-order valence-electron chi connectivity index (χ3n) is 5.91. The highest BCUT2D eigenvalue weighted by atomic mass is 19.1. The molecule has 2 amide bonds. The lowest BCUT2D eigenvalue weighted by molar-refractivity contribution is -0.129. The predicted molar refractivity (Wildman–Crippen MR) is 121 cm³/mol. The summed E-state index contributed by atoms with van der Waals surface area (Å²) in [5, 5.41) is 6.99. The molecule has 0 radical (unpaired) electrons. The van der Waals surface area contributed by atoms with Crippen molar-refractivity contribution in [1.29, 1.82) is 0 Å². The number of rotatable bonds is 3. The van der Waals surface area contributed by atoms with E-state index in [9.17, 15) is 14.0 Å². The van der Waals surface area contributed by atoms with Crippen molar-refractivity contribution in [2.24, 2.45) is 11.8 Å². The highest BCUT2D eigenvalue weighted by Gasteiger charge is 2.39.